The lowest BCUT2D eigenvalue weighted by atomic mass is 10.2. The zero-order valence-electron chi connectivity index (χ0n) is 13.6. The van der Waals surface area contributed by atoms with Crippen molar-refractivity contribution in [2.24, 2.45) is 5.18 Å². The number of rotatable bonds is 5. The van der Waals surface area contributed by atoms with E-state index >= 15 is 0 Å². The lowest BCUT2D eigenvalue weighted by Gasteiger charge is -2.21. The van der Waals surface area contributed by atoms with E-state index < -0.39 is 23.7 Å². The van der Waals surface area contributed by atoms with Gasteiger partial charge in [0.1, 0.15) is 23.9 Å². The molecule has 3 N–H and O–H groups in total. The fourth-order valence-electron chi connectivity index (χ4n) is 1.66. The van der Waals surface area contributed by atoms with Crippen molar-refractivity contribution in [3.63, 3.8) is 0 Å². The fraction of sp³-hybridized carbons (Fsp3) is 0.467. The minimum absolute atomic E-state index is 0.0905. The quantitative estimate of drug-likeness (QED) is 0.488. The normalized spacial score (nSPS) is 12.2. The predicted octanol–water partition coefficient (Wildman–Crippen LogP) is 2.62. The Balaban J connectivity index is 2.54. The van der Waals surface area contributed by atoms with Crippen molar-refractivity contribution in [2.75, 3.05) is 5.73 Å². The molecular formula is C15H21N3O5. The fourth-order valence-corrected chi connectivity index (χ4v) is 1.66. The Kier molecular flexibility index (Phi) is 6.06. The zero-order valence-corrected chi connectivity index (χ0v) is 13.6. The molecule has 1 unspecified atom stereocenters. The number of benzene rings is 1. The van der Waals surface area contributed by atoms with Gasteiger partial charge in [-0.3, -0.25) is 0 Å². The highest BCUT2D eigenvalue weighted by Crippen LogP contribution is 2.19. The van der Waals surface area contributed by atoms with Crippen LogP contribution in [0.2, 0.25) is 0 Å². The van der Waals surface area contributed by atoms with Crippen LogP contribution in [-0.4, -0.2) is 23.7 Å². The molecule has 1 amide bonds. The van der Waals surface area contributed by atoms with Crippen LogP contribution in [0.1, 0.15) is 33.3 Å². The summed E-state index contributed by atoms with van der Waals surface area (Å²) in [6, 6.07) is 3.55. The van der Waals surface area contributed by atoms with Gasteiger partial charge in [0, 0.05) is 5.69 Å². The summed E-state index contributed by atoms with van der Waals surface area (Å²) in [4.78, 5) is 33.9. The van der Waals surface area contributed by atoms with E-state index in [0.29, 0.717) is 11.3 Å². The third kappa shape index (κ3) is 6.77. The molecule has 0 aliphatic carbocycles. The van der Waals surface area contributed by atoms with Crippen LogP contribution in [0.3, 0.4) is 0 Å². The Hall–Kier alpha value is -2.64. The molecule has 1 aromatic rings. The number of anilines is 1. The first-order valence-electron chi connectivity index (χ1n) is 6.99. The second-order valence-electron chi connectivity index (χ2n) is 6.00. The Bertz CT molecular complexity index is 595. The standard InChI is InChI=1S/C15H21N3O5/c1-9(17-14(20)23-15(2,3)4)13(19)22-8-10-5-11(16)7-12(6-10)18-21/h5-7,9H,8,16H2,1-4H3,(H,17,20). The van der Waals surface area contributed by atoms with Gasteiger partial charge in [-0.2, -0.15) is 0 Å². The number of hydrogen-bond donors (Lipinski definition) is 2. The number of ether oxygens (including phenoxy) is 2. The van der Waals surface area contributed by atoms with Crippen molar-refractivity contribution in [1.29, 1.82) is 0 Å². The number of hydrogen-bond acceptors (Lipinski definition) is 7. The third-order valence-electron chi connectivity index (χ3n) is 2.57. The van der Waals surface area contributed by atoms with Gasteiger partial charge in [-0.05, 0) is 56.6 Å². The number of alkyl carbamates (subject to hydrolysis) is 1. The summed E-state index contributed by atoms with van der Waals surface area (Å²) in [5.41, 5.74) is 5.97. The van der Waals surface area contributed by atoms with Crippen molar-refractivity contribution in [2.45, 2.75) is 45.9 Å². The number of nitrogen functional groups attached to an aromatic ring is 1. The lowest BCUT2D eigenvalue weighted by Crippen LogP contribution is -2.42. The number of nitrogens with two attached hydrogens (primary N) is 1. The zero-order chi connectivity index (χ0) is 17.6. The second kappa shape index (κ2) is 7.57. The van der Waals surface area contributed by atoms with Crippen LogP contribution in [-0.2, 0) is 20.9 Å². The molecule has 0 radical (unpaired) electrons. The first-order chi connectivity index (χ1) is 10.6. The Labute approximate surface area is 134 Å². The molecule has 0 saturated carbocycles. The van der Waals surface area contributed by atoms with E-state index in [0.717, 1.165) is 0 Å². The molecule has 1 atom stereocenters. The number of esters is 1. The summed E-state index contributed by atoms with van der Waals surface area (Å²) in [7, 11) is 0. The molecule has 0 spiro atoms. The molecule has 0 aliphatic rings. The van der Waals surface area contributed by atoms with Gasteiger partial charge in [0.15, 0.2) is 0 Å². The molecular weight excluding hydrogens is 302 g/mol. The van der Waals surface area contributed by atoms with Gasteiger partial charge in [0.2, 0.25) is 0 Å². The number of nitrogens with one attached hydrogen (secondary N) is 1. The summed E-state index contributed by atoms with van der Waals surface area (Å²) >= 11 is 0. The van der Waals surface area contributed by atoms with Crippen molar-refractivity contribution in [3.05, 3.63) is 28.7 Å². The van der Waals surface area contributed by atoms with Gasteiger partial charge in [0.25, 0.3) is 0 Å². The summed E-state index contributed by atoms with van der Waals surface area (Å²) in [6.45, 7) is 6.53. The van der Waals surface area contributed by atoms with E-state index in [-0.39, 0.29) is 12.3 Å². The Morgan fingerprint density at radius 1 is 1.30 bits per heavy atom. The molecule has 126 valence electrons. The van der Waals surface area contributed by atoms with Gasteiger partial charge in [0.05, 0.1) is 0 Å². The van der Waals surface area contributed by atoms with Crippen molar-refractivity contribution < 1.29 is 19.1 Å². The van der Waals surface area contributed by atoms with Crippen LogP contribution in [0.15, 0.2) is 23.4 Å². The summed E-state index contributed by atoms with van der Waals surface area (Å²) in [5, 5.41) is 5.16. The van der Waals surface area contributed by atoms with Crippen LogP contribution in [0, 0.1) is 4.91 Å². The minimum Gasteiger partial charge on any atom is -0.459 e. The van der Waals surface area contributed by atoms with E-state index in [1.54, 1.807) is 26.8 Å². The average Bonchev–Trinajstić information content (AvgIpc) is 2.41. The van der Waals surface area contributed by atoms with Crippen molar-refractivity contribution in [3.8, 4) is 0 Å². The van der Waals surface area contributed by atoms with Crippen LogP contribution in [0.4, 0.5) is 16.2 Å². The molecule has 0 heterocycles. The topological polar surface area (TPSA) is 120 Å². The van der Waals surface area contributed by atoms with Gasteiger partial charge in [-0.1, -0.05) is 0 Å². The molecule has 8 nitrogen and oxygen atoms in total. The van der Waals surface area contributed by atoms with Crippen LogP contribution in [0.5, 0.6) is 0 Å². The molecule has 0 bridgehead atoms. The molecule has 8 heteroatoms. The molecule has 1 aromatic carbocycles. The summed E-state index contributed by atoms with van der Waals surface area (Å²) < 4.78 is 10.1. The number of carbonyl (C=O) groups excluding carboxylic acids is 2. The second-order valence-corrected chi connectivity index (χ2v) is 6.00. The highest BCUT2D eigenvalue weighted by Gasteiger charge is 2.21. The highest BCUT2D eigenvalue weighted by atomic mass is 16.6. The minimum atomic E-state index is -0.880. The maximum atomic E-state index is 11.8. The highest BCUT2D eigenvalue weighted by molar-refractivity contribution is 5.81. The molecule has 1 rings (SSSR count). The smallest absolute Gasteiger partial charge is 0.408 e. The molecule has 0 aromatic heterocycles. The molecule has 0 aliphatic heterocycles. The number of carbonyl (C=O) groups is 2. The lowest BCUT2D eigenvalue weighted by molar-refractivity contribution is -0.147. The predicted molar refractivity (Wildman–Crippen MR) is 84.9 cm³/mol. The van der Waals surface area contributed by atoms with E-state index in [4.69, 9.17) is 15.2 Å². The van der Waals surface area contributed by atoms with E-state index in [9.17, 15) is 14.5 Å². The SMILES string of the molecule is CC(NC(=O)OC(C)(C)C)C(=O)OCc1cc(N)cc(N=O)c1. The first-order valence-corrected chi connectivity index (χ1v) is 6.99. The number of nitroso groups, excluding NO2 is 1. The van der Waals surface area contributed by atoms with Gasteiger partial charge in [-0.15, -0.1) is 4.91 Å². The van der Waals surface area contributed by atoms with Crippen LogP contribution in [0.25, 0.3) is 0 Å². The first kappa shape index (κ1) is 18.4. The number of nitrogens with zero attached hydrogens (tertiary/aromatic N) is 1. The molecule has 0 fully saturated rings. The Morgan fingerprint density at radius 3 is 2.52 bits per heavy atom. The van der Waals surface area contributed by atoms with Crippen molar-refractivity contribution in [1.82, 2.24) is 5.32 Å². The van der Waals surface area contributed by atoms with E-state index in [1.165, 1.54) is 19.1 Å². The third-order valence-corrected chi connectivity index (χ3v) is 2.57. The Morgan fingerprint density at radius 2 is 1.96 bits per heavy atom. The van der Waals surface area contributed by atoms with Crippen LogP contribution >= 0.6 is 0 Å². The number of amides is 1. The molecule has 23 heavy (non-hydrogen) atoms. The molecule has 0 saturated heterocycles. The maximum Gasteiger partial charge on any atom is 0.408 e. The van der Waals surface area contributed by atoms with Gasteiger partial charge < -0.3 is 20.5 Å². The summed E-state index contributed by atoms with van der Waals surface area (Å²) in [6.07, 6.45) is -0.710. The van der Waals surface area contributed by atoms with Gasteiger partial charge in [-0.25, -0.2) is 9.59 Å². The van der Waals surface area contributed by atoms with Crippen molar-refractivity contribution >= 4 is 23.4 Å². The monoisotopic (exact) mass is 323 g/mol. The van der Waals surface area contributed by atoms with Gasteiger partial charge >= 0.3 is 12.1 Å². The van der Waals surface area contributed by atoms with E-state index in [1.807, 2.05) is 0 Å². The largest absolute Gasteiger partial charge is 0.459 e. The maximum absolute atomic E-state index is 11.8. The average molecular weight is 323 g/mol. The van der Waals surface area contributed by atoms with Crippen LogP contribution < -0.4 is 11.1 Å². The summed E-state index contributed by atoms with van der Waals surface area (Å²) in [5.74, 6) is -0.640. The van der Waals surface area contributed by atoms with E-state index in [2.05, 4.69) is 10.5 Å².